The van der Waals surface area contributed by atoms with Crippen LogP contribution in [0.2, 0.25) is 0 Å². The Labute approximate surface area is 154 Å². The monoisotopic (exact) mass is 388 g/mol. The molecule has 1 aliphatic heterocycles. The highest BCUT2D eigenvalue weighted by Gasteiger charge is 2.35. The van der Waals surface area contributed by atoms with Crippen LogP contribution in [0.5, 0.6) is 0 Å². The number of rotatable bonds is 5. The Hall–Kier alpha value is -2.36. The molecular formula is C17H23F3N4O3. The second-order valence-electron chi connectivity index (χ2n) is 7.30. The molecule has 1 saturated heterocycles. The smallest absolute Gasteiger partial charge is 0.366 e. The van der Waals surface area contributed by atoms with E-state index in [0.717, 1.165) is 12.1 Å². The van der Waals surface area contributed by atoms with Crippen molar-refractivity contribution in [3.63, 3.8) is 0 Å². The topological polar surface area (TPSA) is 102 Å². The van der Waals surface area contributed by atoms with E-state index in [4.69, 9.17) is 5.73 Å². The van der Waals surface area contributed by atoms with Crippen LogP contribution in [0.25, 0.3) is 0 Å². The number of piperidine rings is 1. The molecule has 150 valence electrons. The van der Waals surface area contributed by atoms with Crippen LogP contribution in [0, 0.1) is 16.0 Å². The molecule has 0 bridgehead atoms. The number of nitro benzene ring substituents is 1. The summed E-state index contributed by atoms with van der Waals surface area (Å²) in [6.07, 6.45) is -3.75. The number of benzene rings is 1. The molecule has 27 heavy (non-hydrogen) atoms. The first kappa shape index (κ1) is 20.9. The summed E-state index contributed by atoms with van der Waals surface area (Å²) in [6, 6.07) is 2.52. The summed E-state index contributed by atoms with van der Waals surface area (Å²) < 4.78 is 38.5. The number of nitrogens with one attached hydrogen (secondary N) is 1. The molecule has 0 atom stereocenters. The second-order valence-corrected chi connectivity index (χ2v) is 7.30. The van der Waals surface area contributed by atoms with Gasteiger partial charge in [0.1, 0.15) is 5.69 Å². The summed E-state index contributed by atoms with van der Waals surface area (Å²) in [7, 11) is 0. The van der Waals surface area contributed by atoms with E-state index in [9.17, 15) is 28.1 Å². The fraction of sp³-hybridized carbons (Fsp3) is 0.588. The zero-order valence-electron chi connectivity index (χ0n) is 15.2. The van der Waals surface area contributed by atoms with Crippen LogP contribution in [0.1, 0.15) is 32.3 Å². The van der Waals surface area contributed by atoms with Crippen molar-refractivity contribution in [2.75, 3.05) is 24.5 Å². The molecule has 0 saturated carbocycles. The van der Waals surface area contributed by atoms with Crippen LogP contribution in [-0.2, 0) is 11.0 Å². The first-order chi connectivity index (χ1) is 12.4. The average molecular weight is 388 g/mol. The number of hydrogen-bond acceptors (Lipinski definition) is 5. The van der Waals surface area contributed by atoms with E-state index in [1.807, 2.05) is 13.8 Å². The highest BCUT2D eigenvalue weighted by atomic mass is 19.4. The van der Waals surface area contributed by atoms with E-state index >= 15 is 0 Å². The summed E-state index contributed by atoms with van der Waals surface area (Å²) >= 11 is 0. The van der Waals surface area contributed by atoms with Gasteiger partial charge in [-0.2, -0.15) is 13.2 Å². The van der Waals surface area contributed by atoms with Gasteiger partial charge in [0.15, 0.2) is 0 Å². The van der Waals surface area contributed by atoms with Crippen molar-refractivity contribution in [2.24, 2.45) is 11.7 Å². The minimum atomic E-state index is -4.65. The van der Waals surface area contributed by atoms with Crippen molar-refractivity contribution in [1.29, 1.82) is 0 Å². The van der Waals surface area contributed by atoms with E-state index in [1.54, 1.807) is 4.90 Å². The van der Waals surface area contributed by atoms with E-state index in [0.29, 0.717) is 32.0 Å². The van der Waals surface area contributed by atoms with Gasteiger partial charge in [0.2, 0.25) is 5.91 Å². The van der Waals surface area contributed by atoms with Gasteiger partial charge in [-0.25, -0.2) is 0 Å². The first-order valence-corrected chi connectivity index (χ1v) is 8.57. The lowest BCUT2D eigenvalue weighted by Gasteiger charge is -2.34. The molecule has 7 nitrogen and oxygen atoms in total. The molecule has 1 fully saturated rings. The fourth-order valence-electron chi connectivity index (χ4n) is 2.98. The van der Waals surface area contributed by atoms with E-state index in [-0.39, 0.29) is 24.1 Å². The lowest BCUT2D eigenvalue weighted by molar-refractivity contribution is -0.384. The van der Waals surface area contributed by atoms with Gasteiger partial charge < -0.3 is 16.0 Å². The van der Waals surface area contributed by atoms with Gasteiger partial charge in [0.05, 0.1) is 10.5 Å². The van der Waals surface area contributed by atoms with Gasteiger partial charge >= 0.3 is 6.18 Å². The van der Waals surface area contributed by atoms with Gasteiger partial charge in [-0.05, 0) is 38.8 Å². The Morgan fingerprint density at radius 3 is 2.41 bits per heavy atom. The molecule has 1 aromatic carbocycles. The Morgan fingerprint density at radius 2 is 1.93 bits per heavy atom. The maximum absolute atomic E-state index is 12.8. The number of nitrogens with zero attached hydrogens (tertiary/aromatic N) is 2. The summed E-state index contributed by atoms with van der Waals surface area (Å²) in [5.41, 5.74) is 3.56. The molecule has 0 aromatic heterocycles. The van der Waals surface area contributed by atoms with Crippen molar-refractivity contribution in [3.8, 4) is 0 Å². The maximum Gasteiger partial charge on any atom is 0.416 e. The molecule has 3 N–H and O–H groups in total. The normalized spacial score (nSPS) is 16.3. The van der Waals surface area contributed by atoms with E-state index in [2.05, 4.69) is 5.32 Å². The Kier molecular flexibility index (Phi) is 5.98. The average Bonchev–Trinajstić information content (AvgIpc) is 2.60. The third kappa shape index (κ3) is 5.09. The standard InChI is InChI=1S/C17H23F3N4O3/c1-16(2,10-21)22-15(25)11-5-7-23(8-6-11)13-4-3-12(17(18,19)20)9-14(13)24(26)27/h3-4,9,11H,5-8,10,21H2,1-2H3,(H,22,25). The number of alkyl halides is 3. The maximum atomic E-state index is 12.8. The largest absolute Gasteiger partial charge is 0.416 e. The molecular weight excluding hydrogens is 365 g/mol. The van der Waals surface area contributed by atoms with Gasteiger partial charge in [0, 0.05) is 37.2 Å². The van der Waals surface area contributed by atoms with Crippen LogP contribution >= 0.6 is 0 Å². The van der Waals surface area contributed by atoms with Crippen LogP contribution in [-0.4, -0.2) is 36.0 Å². The number of carbonyl (C=O) groups is 1. The van der Waals surface area contributed by atoms with Crippen molar-refractivity contribution in [1.82, 2.24) is 5.32 Å². The van der Waals surface area contributed by atoms with Crippen LogP contribution in [0.3, 0.4) is 0 Å². The van der Waals surface area contributed by atoms with Crippen molar-refractivity contribution in [2.45, 2.75) is 38.4 Å². The Bertz CT molecular complexity index is 714. The van der Waals surface area contributed by atoms with Crippen LogP contribution < -0.4 is 16.0 Å². The molecule has 1 aliphatic rings. The third-order valence-electron chi connectivity index (χ3n) is 4.68. The zero-order valence-corrected chi connectivity index (χ0v) is 15.2. The molecule has 0 spiro atoms. The third-order valence-corrected chi connectivity index (χ3v) is 4.68. The Morgan fingerprint density at radius 1 is 1.33 bits per heavy atom. The highest BCUT2D eigenvalue weighted by molar-refractivity contribution is 5.80. The van der Waals surface area contributed by atoms with Gasteiger partial charge in [0.25, 0.3) is 5.69 Å². The predicted molar refractivity (Wildman–Crippen MR) is 94.3 cm³/mol. The minimum absolute atomic E-state index is 0.132. The minimum Gasteiger partial charge on any atom is -0.366 e. The number of amides is 1. The fourth-order valence-corrected chi connectivity index (χ4v) is 2.98. The lowest BCUT2D eigenvalue weighted by atomic mass is 9.93. The molecule has 2 rings (SSSR count). The molecule has 0 aliphatic carbocycles. The molecule has 0 radical (unpaired) electrons. The van der Waals surface area contributed by atoms with Crippen molar-refractivity contribution in [3.05, 3.63) is 33.9 Å². The van der Waals surface area contributed by atoms with Crippen LogP contribution in [0.15, 0.2) is 18.2 Å². The lowest BCUT2D eigenvalue weighted by Crippen LogP contribution is -2.52. The first-order valence-electron chi connectivity index (χ1n) is 8.57. The summed E-state index contributed by atoms with van der Waals surface area (Å²) in [4.78, 5) is 24.4. The summed E-state index contributed by atoms with van der Waals surface area (Å²) in [6.45, 7) is 4.59. The number of nitrogens with two attached hydrogens (primary N) is 1. The molecule has 1 amide bonds. The number of nitro groups is 1. The van der Waals surface area contributed by atoms with Gasteiger partial charge in [-0.1, -0.05) is 0 Å². The number of carbonyl (C=O) groups excluding carboxylic acids is 1. The van der Waals surface area contributed by atoms with Crippen LogP contribution in [0.4, 0.5) is 24.5 Å². The Balaban J connectivity index is 2.12. The SMILES string of the molecule is CC(C)(CN)NC(=O)C1CCN(c2ccc(C(F)(F)F)cc2[N+](=O)[O-])CC1. The second kappa shape index (κ2) is 7.71. The summed E-state index contributed by atoms with van der Waals surface area (Å²) in [5, 5.41) is 14.1. The molecule has 10 heteroatoms. The predicted octanol–water partition coefficient (Wildman–Crippen LogP) is 2.68. The number of anilines is 1. The molecule has 1 aromatic rings. The molecule has 0 unspecified atom stereocenters. The van der Waals surface area contributed by atoms with Crippen molar-refractivity contribution < 1.29 is 22.9 Å². The number of hydrogen-bond donors (Lipinski definition) is 2. The van der Waals surface area contributed by atoms with Crippen molar-refractivity contribution >= 4 is 17.3 Å². The van der Waals surface area contributed by atoms with E-state index < -0.39 is 27.9 Å². The van der Waals surface area contributed by atoms with E-state index in [1.165, 1.54) is 0 Å². The molecule has 1 heterocycles. The zero-order chi connectivity index (χ0) is 20.4. The number of halogens is 3. The summed E-state index contributed by atoms with van der Waals surface area (Å²) in [5.74, 6) is -0.396. The quantitative estimate of drug-likeness (QED) is 0.597. The van der Waals surface area contributed by atoms with Gasteiger partial charge in [-0.3, -0.25) is 14.9 Å². The highest BCUT2D eigenvalue weighted by Crippen LogP contribution is 2.37. The van der Waals surface area contributed by atoms with Gasteiger partial charge in [-0.15, -0.1) is 0 Å².